The minimum atomic E-state index is -0.561. The largest absolute Gasteiger partial charge is 0.494 e. The molecule has 1 saturated carbocycles. The van der Waals surface area contributed by atoms with Crippen LogP contribution in [0.15, 0.2) is 48.5 Å². The van der Waals surface area contributed by atoms with E-state index in [9.17, 15) is 13.2 Å². The maximum Gasteiger partial charge on any atom is 0.139 e. The van der Waals surface area contributed by atoms with E-state index in [4.69, 9.17) is 4.74 Å². The standard InChI is InChI=1S/C32H33F3O/c1-4-36-28-15-8-23(9-16-28)7-12-26-19-31(34)27(20-30(26)33)14-13-25-18-32(35)29(17-22(25)3)24-10-5-21(2)6-11-24/h8-9,15-21,24H,4-6,10-11,13-14H2,1-3H3. The summed E-state index contributed by atoms with van der Waals surface area (Å²) in [5.74, 6) is 6.07. The van der Waals surface area contributed by atoms with E-state index >= 15 is 0 Å². The summed E-state index contributed by atoms with van der Waals surface area (Å²) in [4.78, 5) is 0. The number of rotatable bonds is 6. The Kier molecular flexibility index (Phi) is 8.41. The van der Waals surface area contributed by atoms with Crippen molar-refractivity contribution >= 4 is 0 Å². The molecule has 0 heterocycles. The molecule has 0 radical (unpaired) electrons. The van der Waals surface area contributed by atoms with Crippen LogP contribution < -0.4 is 4.74 Å². The number of aryl methyl sites for hydroxylation is 3. The molecule has 0 N–H and O–H groups in total. The highest BCUT2D eigenvalue weighted by molar-refractivity contribution is 5.46. The zero-order valence-electron chi connectivity index (χ0n) is 21.3. The van der Waals surface area contributed by atoms with Gasteiger partial charge in [-0.05, 0) is 116 Å². The maximum absolute atomic E-state index is 15.0. The van der Waals surface area contributed by atoms with E-state index < -0.39 is 11.6 Å². The lowest BCUT2D eigenvalue weighted by Crippen LogP contribution is -2.13. The van der Waals surface area contributed by atoms with Gasteiger partial charge in [0.1, 0.15) is 23.2 Å². The van der Waals surface area contributed by atoms with Crippen LogP contribution in [0.3, 0.4) is 0 Å². The van der Waals surface area contributed by atoms with Crippen LogP contribution in [-0.2, 0) is 12.8 Å². The number of hydrogen-bond acceptors (Lipinski definition) is 1. The van der Waals surface area contributed by atoms with Crippen LogP contribution >= 0.6 is 0 Å². The van der Waals surface area contributed by atoms with Crippen LogP contribution in [0.25, 0.3) is 0 Å². The molecule has 3 aromatic rings. The van der Waals surface area contributed by atoms with Gasteiger partial charge in [-0.1, -0.05) is 37.7 Å². The van der Waals surface area contributed by atoms with E-state index in [0.29, 0.717) is 24.5 Å². The third-order valence-corrected chi connectivity index (χ3v) is 7.22. The minimum Gasteiger partial charge on any atom is -0.494 e. The topological polar surface area (TPSA) is 9.23 Å². The van der Waals surface area contributed by atoms with Gasteiger partial charge in [-0.15, -0.1) is 0 Å². The number of ether oxygens (including phenoxy) is 1. The summed E-state index contributed by atoms with van der Waals surface area (Å²) >= 11 is 0. The first-order valence-corrected chi connectivity index (χ1v) is 12.9. The highest BCUT2D eigenvalue weighted by Crippen LogP contribution is 2.37. The zero-order chi connectivity index (χ0) is 25.7. The van der Waals surface area contributed by atoms with Gasteiger partial charge in [0.25, 0.3) is 0 Å². The van der Waals surface area contributed by atoms with Gasteiger partial charge in [0, 0.05) is 5.56 Å². The van der Waals surface area contributed by atoms with Gasteiger partial charge in [0.15, 0.2) is 0 Å². The molecule has 4 heteroatoms. The fraction of sp³-hybridized carbons (Fsp3) is 0.375. The summed E-state index contributed by atoms with van der Waals surface area (Å²) in [6.07, 6.45) is 5.05. The fourth-order valence-corrected chi connectivity index (χ4v) is 4.98. The van der Waals surface area contributed by atoms with Crippen molar-refractivity contribution in [2.24, 2.45) is 5.92 Å². The van der Waals surface area contributed by atoms with Gasteiger partial charge in [-0.3, -0.25) is 0 Å². The van der Waals surface area contributed by atoms with Crippen molar-refractivity contribution in [3.63, 3.8) is 0 Å². The highest BCUT2D eigenvalue weighted by Gasteiger charge is 2.23. The molecule has 1 aliphatic rings. The lowest BCUT2D eigenvalue weighted by atomic mass is 9.78. The van der Waals surface area contributed by atoms with E-state index in [2.05, 4.69) is 18.8 Å². The van der Waals surface area contributed by atoms with Gasteiger partial charge < -0.3 is 4.74 Å². The molecule has 1 fully saturated rings. The average Bonchev–Trinajstić information content (AvgIpc) is 2.86. The Morgan fingerprint density at radius 1 is 0.806 bits per heavy atom. The summed E-state index contributed by atoms with van der Waals surface area (Å²) in [6.45, 7) is 6.70. The number of benzene rings is 3. The van der Waals surface area contributed by atoms with Gasteiger partial charge in [-0.25, -0.2) is 13.2 Å². The predicted octanol–water partition coefficient (Wildman–Crippen LogP) is 8.29. The molecule has 0 aliphatic heterocycles. The Labute approximate surface area is 212 Å². The molecule has 0 aromatic heterocycles. The summed E-state index contributed by atoms with van der Waals surface area (Å²) in [5, 5.41) is 0. The summed E-state index contributed by atoms with van der Waals surface area (Å²) in [5.41, 5.74) is 3.60. The minimum absolute atomic E-state index is 0.0125. The van der Waals surface area contributed by atoms with Crippen molar-refractivity contribution in [3.05, 3.63) is 99.4 Å². The quantitative estimate of drug-likeness (QED) is 0.316. The Balaban J connectivity index is 1.44. The summed E-state index contributed by atoms with van der Waals surface area (Å²) in [7, 11) is 0. The average molecular weight is 491 g/mol. The molecule has 1 aliphatic carbocycles. The van der Waals surface area contributed by atoms with Crippen molar-refractivity contribution in [1.82, 2.24) is 0 Å². The lowest BCUT2D eigenvalue weighted by molar-refractivity contribution is 0.340. The molecular formula is C32H33F3O. The Bertz CT molecular complexity index is 1260. The van der Waals surface area contributed by atoms with E-state index in [0.717, 1.165) is 54.2 Å². The molecule has 4 rings (SSSR count). The van der Waals surface area contributed by atoms with Gasteiger partial charge in [0.2, 0.25) is 0 Å². The van der Waals surface area contributed by atoms with Crippen molar-refractivity contribution in [1.29, 1.82) is 0 Å². The Morgan fingerprint density at radius 2 is 1.47 bits per heavy atom. The predicted molar refractivity (Wildman–Crippen MR) is 139 cm³/mol. The fourth-order valence-electron chi connectivity index (χ4n) is 4.98. The van der Waals surface area contributed by atoms with Crippen LogP contribution in [-0.4, -0.2) is 6.61 Å². The van der Waals surface area contributed by atoms with Crippen molar-refractivity contribution < 1.29 is 17.9 Å². The van der Waals surface area contributed by atoms with Crippen LogP contribution in [0.1, 0.15) is 78.8 Å². The SMILES string of the molecule is CCOc1ccc(C#Cc2cc(F)c(CCc3cc(F)c(C4CCC(C)CC4)cc3C)cc2F)cc1. The second-order valence-corrected chi connectivity index (χ2v) is 9.89. The molecule has 188 valence electrons. The van der Waals surface area contributed by atoms with E-state index in [1.807, 2.05) is 19.9 Å². The van der Waals surface area contributed by atoms with Gasteiger partial charge in [-0.2, -0.15) is 0 Å². The Hall–Kier alpha value is -3.19. The summed E-state index contributed by atoms with van der Waals surface area (Å²) in [6, 6.07) is 13.1. The van der Waals surface area contributed by atoms with Crippen LogP contribution in [0, 0.1) is 42.1 Å². The first kappa shape index (κ1) is 25.9. The zero-order valence-corrected chi connectivity index (χ0v) is 21.3. The molecule has 1 nitrogen and oxygen atoms in total. The normalized spacial score (nSPS) is 17.4. The molecular weight excluding hydrogens is 457 g/mol. The first-order chi connectivity index (χ1) is 17.3. The number of hydrogen-bond donors (Lipinski definition) is 0. The van der Waals surface area contributed by atoms with Crippen LogP contribution in [0.5, 0.6) is 5.75 Å². The van der Waals surface area contributed by atoms with Gasteiger partial charge in [0.05, 0.1) is 12.2 Å². The second-order valence-electron chi connectivity index (χ2n) is 9.89. The van der Waals surface area contributed by atoms with Crippen molar-refractivity contribution in [2.75, 3.05) is 6.61 Å². The molecule has 0 unspecified atom stereocenters. The first-order valence-electron chi connectivity index (χ1n) is 12.9. The van der Waals surface area contributed by atoms with Crippen LogP contribution in [0.4, 0.5) is 13.2 Å². The van der Waals surface area contributed by atoms with E-state index in [1.165, 1.54) is 6.07 Å². The van der Waals surface area contributed by atoms with Crippen LogP contribution in [0.2, 0.25) is 0 Å². The third-order valence-electron chi connectivity index (χ3n) is 7.22. The van der Waals surface area contributed by atoms with Crippen molar-refractivity contribution in [2.45, 2.75) is 65.2 Å². The van der Waals surface area contributed by atoms with E-state index in [1.54, 1.807) is 30.3 Å². The molecule has 0 bridgehead atoms. The monoisotopic (exact) mass is 490 g/mol. The molecule has 0 spiro atoms. The smallest absolute Gasteiger partial charge is 0.139 e. The highest BCUT2D eigenvalue weighted by atomic mass is 19.1. The molecule has 0 saturated heterocycles. The molecule has 3 aromatic carbocycles. The second kappa shape index (κ2) is 11.7. The summed E-state index contributed by atoms with van der Waals surface area (Å²) < 4.78 is 49.9. The van der Waals surface area contributed by atoms with Crippen molar-refractivity contribution in [3.8, 4) is 17.6 Å². The molecule has 36 heavy (non-hydrogen) atoms. The number of halogens is 3. The van der Waals surface area contributed by atoms with Gasteiger partial charge >= 0.3 is 0 Å². The Morgan fingerprint density at radius 3 is 2.17 bits per heavy atom. The third kappa shape index (κ3) is 6.32. The lowest BCUT2D eigenvalue weighted by Gasteiger charge is -2.27. The van der Waals surface area contributed by atoms with E-state index in [-0.39, 0.29) is 29.3 Å². The molecule has 0 amide bonds. The molecule has 0 atom stereocenters. The maximum atomic E-state index is 15.0.